The number of rotatable bonds is 6. The summed E-state index contributed by atoms with van der Waals surface area (Å²) in [5.74, 6) is -1.05. The predicted octanol–water partition coefficient (Wildman–Crippen LogP) is 1.23. The molecule has 7 heteroatoms. The zero-order chi connectivity index (χ0) is 17.7. The summed E-state index contributed by atoms with van der Waals surface area (Å²) >= 11 is 0. The van der Waals surface area contributed by atoms with Crippen LogP contribution in [-0.2, 0) is 9.59 Å². The minimum Gasteiger partial charge on any atom is -0.483 e. The van der Waals surface area contributed by atoms with E-state index in [0.717, 1.165) is 6.42 Å². The van der Waals surface area contributed by atoms with Gasteiger partial charge in [-0.3, -0.25) is 14.4 Å². The van der Waals surface area contributed by atoms with Gasteiger partial charge in [-0.2, -0.15) is 0 Å². The Morgan fingerprint density at radius 3 is 2.67 bits per heavy atom. The molecule has 1 aliphatic rings. The number of nitrogens with zero attached hydrogens (tertiary/aromatic N) is 2. The molecule has 0 bridgehead atoms. The summed E-state index contributed by atoms with van der Waals surface area (Å²) in [6.07, 6.45) is 1.40. The normalized spacial score (nSPS) is 16.8. The number of hydrogen-bond acceptors (Lipinski definition) is 4. The molecular formula is C17H22N2O5. The second-order valence-electron chi connectivity index (χ2n) is 5.97. The van der Waals surface area contributed by atoms with E-state index < -0.39 is 5.97 Å². The maximum atomic E-state index is 12.8. The molecule has 1 heterocycles. The van der Waals surface area contributed by atoms with Crippen LogP contribution < -0.4 is 4.74 Å². The summed E-state index contributed by atoms with van der Waals surface area (Å²) in [4.78, 5) is 38.4. The van der Waals surface area contributed by atoms with E-state index in [1.807, 2.05) is 0 Å². The van der Waals surface area contributed by atoms with Crippen LogP contribution in [-0.4, -0.2) is 66.0 Å². The molecular weight excluding hydrogens is 312 g/mol. The number of hydrogen-bond donors (Lipinski definition) is 1. The van der Waals surface area contributed by atoms with Crippen molar-refractivity contribution < 1.29 is 24.2 Å². The van der Waals surface area contributed by atoms with E-state index in [0.29, 0.717) is 24.3 Å². The molecule has 2 rings (SSSR count). The van der Waals surface area contributed by atoms with Gasteiger partial charge in [0.15, 0.2) is 6.61 Å². The molecule has 2 amide bonds. The first-order valence-electron chi connectivity index (χ1n) is 7.85. The summed E-state index contributed by atoms with van der Waals surface area (Å²) in [5, 5.41) is 8.99. The Morgan fingerprint density at radius 1 is 1.29 bits per heavy atom. The summed E-state index contributed by atoms with van der Waals surface area (Å²) in [6, 6.07) is 6.42. The van der Waals surface area contributed by atoms with E-state index in [4.69, 9.17) is 9.84 Å². The van der Waals surface area contributed by atoms with Crippen molar-refractivity contribution in [3.05, 3.63) is 29.8 Å². The number of amides is 2. The largest absolute Gasteiger partial charge is 0.483 e. The molecule has 1 unspecified atom stereocenters. The molecule has 0 spiro atoms. The lowest BCUT2D eigenvalue weighted by Gasteiger charge is -2.24. The lowest BCUT2D eigenvalue weighted by Crippen LogP contribution is -2.37. The molecule has 0 aromatic heterocycles. The fourth-order valence-electron chi connectivity index (χ4n) is 2.71. The average molecular weight is 334 g/mol. The van der Waals surface area contributed by atoms with Gasteiger partial charge in [0.05, 0.1) is 12.0 Å². The van der Waals surface area contributed by atoms with E-state index >= 15 is 0 Å². The molecule has 1 N–H and O–H groups in total. The van der Waals surface area contributed by atoms with Crippen molar-refractivity contribution in [1.82, 2.24) is 9.80 Å². The molecule has 130 valence electrons. The lowest BCUT2D eigenvalue weighted by atomic mass is 10.1. The van der Waals surface area contributed by atoms with Crippen molar-refractivity contribution in [2.75, 3.05) is 27.2 Å². The lowest BCUT2D eigenvalue weighted by molar-refractivity contribution is -0.138. The average Bonchev–Trinajstić information content (AvgIpc) is 2.99. The van der Waals surface area contributed by atoms with E-state index in [1.165, 1.54) is 4.90 Å². The highest BCUT2D eigenvalue weighted by molar-refractivity contribution is 5.97. The first-order valence-corrected chi connectivity index (χ1v) is 7.85. The van der Waals surface area contributed by atoms with Crippen LogP contribution >= 0.6 is 0 Å². The molecule has 24 heavy (non-hydrogen) atoms. The van der Waals surface area contributed by atoms with Gasteiger partial charge in [-0.15, -0.1) is 0 Å². The van der Waals surface area contributed by atoms with Crippen LogP contribution in [0, 0.1) is 0 Å². The highest BCUT2D eigenvalue weighted by Crippen LogP contribution is 2.26. The van der Waals surface area contributed by atoms with Crippen LogP contribution in [0.15, 0.2) is 24.3 Å². The number of benzene rings is 1. The number of aliphatic carboxylic acids is 1. The topological polar surface area (TPSA) is 87.2 Å². The molecule has 0 radical (unpaired) electrons. The molecule has 1 aromatic rings. The first kappa shape index (κ1) is 17.8. The molecule has 1 atom stereocenters. The standard InChI is InChI=1S/C17H22N2O5/c1-18(2)15(20)11-24-14-8-4-3-7-13(14)17(23)19-9-5-6-12(19)10-16(21)22/h3-4,7-8,12H,5-6,9-11H2,1-2H3,(H,21,22). The van der Waals surface area contributed by atoms with Crippen LogP contribution in [0.1, 0.15) is 29.6 Å². The molecule has 0 aliphatic carbocycles. The van der Waals surface area contributed by atoms with Crippen molar-refractivity contribution in [2.24, 2.45) is 0 Å². The van der Waals surface area contributed by atoms with Crippen LogP contribution in [0.3, 0.4) is 0 Å². The van der Waals surface area contributed by atoms with Crippen molar-refractivity contribution in [3.63, 3.8) is 0 Å². The number of carbonyl (C=O) groups excluding carboxylic acids is 2. The predicted molar refractivity (Wildman–Crippen MR) is 86.9 cm³/mol. The van der Waals surface area contributed by atoms with Crippen molar-refractivity contribution in [1.29, 1.82) is 0 Å². The summed E-state index contributed by atoms with van der Waals surface area (Å²) in [7, 11) is 3.26. The Morgan fingerprint density at radius 2 is 2.00 bits per heavy atom. The smallest absolute Gasteiger partial charge is 0.305 e. The molecule has 1 fully saturated rings. The van der Waals surface area contributed by atoms with Gasteiger partial charge in [0.1, 0.15) is 5.75 Å². The minimum atomic E-state index is -0.916. The van der Waals surface area contributed by atoms with Gasteiger partial charge in [-0.05, 0) is 25.0 Å². The van der Waals surface area contributed by atoms with Crippen LogP contribution in [0.25, 0.3) is 0 Å². The Labute approximate surface area is 140 Å². The van der Waals surface area contributed by atoms with Crippen LogP contribution in [0.4, 0.5) is 0 Å². The second kappa shape index (κ2) is 7.81. The zero-order valence-corrected chi connectivity index (χ0v) is 13.9. The van der Waals surface area contributed by atoms with Crippen LogP contribution in [0.2, 0.25) is 0 Å². The molecule has 1 aliphatic heterocycles. The number of ether oxygens (including phenoxy) is 1. The van der Waals surface area contributed by atoms with E-state index in [-0.39, 0.29) is 30.9 Å². The number of carboxylic acid groups (broad SMARTS) is 1. The van der Waals surface area contributed by atoms with Crippen molar-refractivity contribution in [2.45, 2.75) is 25.3 Å². The van der Waals surface area contributed by atoms with E-state index in [1.54, 1.807) is 43.3 Å². The Balaban J connectivity index is 2.14. The Kier molecular flexibility index (Phi) is 5.78. The second-order valence-corrected chi connectivity index (χ2v) is 5.97. The van der Waals surface area contributed by atoms with Gasteiger partial charge in [0.2, 0.25) is 0 Å². The molecule has 0 saturated carbocycles. The van der Waals surface area contributed by atoms with E-state index in [2.05, 4.69) is 0 Å². The van der Waals surface area contributed by atoms with Crippen LogP contribution in [0.5, 0.6) is 5.75 Å². The van der Waals surface area contributed by atoms with Gasteiger partial charge >= 0.3 is 5.97 Å². The quantitative estimate of drug-likeness (QED) is 0.845. The fraction of sp³-hybridized carbons (Fsp3) is 0.471. The maximum Gasteiger partial charge on any atom is 0.305 e. The summed E-state index contributed by atoms with van der Waals surface area (Å²) < 4.78 is 5.50. The minimum absolute atomic E-state index is 0.0616. The number of likely N-dealkylation sites (N-methyl/N-ethyl adjacent to an activating group) is 1. The fourth-order valence-corrected chi connectivity index (χ4v) is 2.71. The van der Waals surface area contributed by atoms with Gasteiger partial charge in [-0.1, -0.05) is 12.1 Å². The highest BCUT2D eigenvalue weighted by Gasteiger charge is 2.32. The first-order chi connectivity index (χ1) is 11.4. The monoisotopic (exact) mass is 334 g/mol. The maximum absolute atomic E-state index is 12.8. The summed E-state index contributed by atoms with van der Waals surface area (Å²) in [5.41, 5.74) is 0.348. The molecule has 7 nitrogen and oxygen atoms in total. The Hall–Kier alpha value is -2.57. The van der Waals surface area contributed by atoms with Gasteiger partial charge in [0, 0.05) is 26.7 Å². The number of likely N-dealkylation sites (tertiary alicyclic amines) is 1. The van der Waals surface area contributed by atoms with Crippen molar-refractivity contribution >= 4 is 17.8 Å². The third kappa shape index (κ3) is 4.24. The van der Waals surface area contributed by atoms with Crippen molar-refractivity contribution in [3.8, 4) is 5.75 Å². The third-order valence-corrected chi connectivity index (χ3v) is 4.02. The number of carboxylic acids is 1. The van der Waals surface area contributed by atoms with Gasteiger partial charge < -0.3 is 19.6 Å². The number of carbonyl (C=O) groups is 3. The molecule has 1 aromatic carbocycles. The Bertz CT molecular complexity index is 629. The number of para-hydroxylation sites is 1. The third-order valence-electron chi connectivity index (χ3n) is 4.02. The van der Waals surface area contributed by atoms with Gasteiger partial charge in [0.25, 0.3) is 11.8 Å². The zero-order valence-electron chi connectivity index (χ0n) is 13.9. The summed E-state index contributed by atoms with van der Waals surface area (Å²) in [6.45, 7) is 0.373. The molecule has 1 saturated heterocycles. The van der Waals surface area contributed by atoms with E-state index in [9.17, 15) is 14.4 Å². The highest BCUT2D eigenvalue weighted by atomic mass is 16.5. The van der Waals surface area contributed by atoms with Gasteiger partial charge in [-0.25, -0.2) is 0 Å². The SMILES string of the molecule is CN(C)C(=O)COc1ccccc1C(=O)N1CCCC1CC(=O)O.